The molecule has 0 bridgehead atoms. The van der Waals surface area contributed by atoms with Crippen molar-refractivity contribution in [3.8, 4) is 0 Å². The normalized spacial score (nSPS) is 15.3. The highest BCUT2D eigenvalue weighted by molar-refractivity contribution is 7.89. The number of piperazine rings is 1. The molecule has 0 spiro atoms. The number of carbonyl (C=O) groups is 1. The van der Waals surface area contributed by atoms with Crippen LogP contribution in [0.5, 0.6) is 0 Å². The molecule has 29 heavy (non-hydrogen) atoms. The van der Waals surface area contributed by atoms with Gasteiger partial charge in [-0.15, -0.1) is 0 Å². The molecule has 156 valence electrons. The van der Waals surface area contributed by atoms with Gasteiger partial charge in [-0.1, -0.05) is 30.3 Å². The molecule has 2 aromatic rings. The third-order valence-electron chi connectivity index (χ3n) is 5.38. The molecule has 6 nitrogen and oxygen atoms in total. The summed E-state index contributed by atoms with van der Waals surface area (Å²) in [7, 11) is -3.55. The summed E-state index contributed by atoms with van der Waals surface area (Å²) in [6.45, 7) is 8.22. The van der Waals surface area contributed by atoms with Crippen molar-refractivity contribution in [2.75, 3.05) is 44.2 Å². The fourth-order valence-electron chi connectivity index (χ4n) is 3.59. The molecule has 0 aliphatic carbocycles. The number of likely N-dealkylation sites (N-methyl/N-ethyl adjacent to an activating group) is 1. The van der Waals surface area contributed by atoms with E-state index in [-0.39, 0.29) is 5.91 Å². The minimum Gasteiger partial charge on any atom is -0.362 e. The van der Waals surface area contributed by atoms with Crippen molar-refractivity contribution < 1.29 is 13.2 Å². The first kappa shape index (κ1) is 21.3. The number of nitrogens with zero attached hydrogens (tertiary/aromatic N) is 3. The van der Waals surface area contributed by atoms with E-state index in [1.807, 2.05) is 68.1 Å². The molecule has 1 heterocycles. The number of aryl methyl sites for hydroxylation is 2. The fraction of sp³-hybridized carbons (Fsp3) is 0.409. The molecule has 0 radical (unpaired) electrons. The Bertz CT molecular complexity index is 953. The highest BCUT2D eigenvalue weighted by atomic mass is 32.2. The van der Waals surface area contributed by atoms with E-state index in [0.717, 1.165) is 23.4 Å². The standard InChI is InChI=1S/C22H29N3O3S/c1-4-23(20-8-6-5-7-9-20)17-22(26)24-12-14-25(15-13-24)29(27,28)21-16-18(2)10-11-19(21)3/h5-11,16H,4,12-15,17H2,1-3H3. The first-order valence-corrected chi connectivity index (χ1v) is 11.4. The lowest BCUT2D eigenvalue weighted by atomic mass is 10.2. The van der Waals surface area contributed by atoms with Crippen LogP contribution in [-0.4, -0.2) is 62.8 Å². The predicted molar refractivity (Wildman–Crippen MR) is 116 cm³/mol. The molecule has 0 atom stereocenters. The van der Waals surface area contributed by atoms with Gasteiger partial charge in [0.05, 0.1) is 11.4 Å². The van der Waals surface area contributed by atoms with Crippen LogP contribution in [0, 0.1) is 13.8 Å². The monoisotopic (exact) mass is 415 g/mol. The summed E-state index contributed by atoms with van der Waals surface area (Å²) < 4.78 is 27.6. The summed E-state index contributed by atoms with van der Waals surface area (Å²) in [6.07, 6.45) is 0. The number of amides is 1. The minimum atomic E-state index is -3.55. The Kier molecular flexibility index (Phi) is 6.59. The highest BCUT2D eigenvalue weighted by Gasteiger charge is 2.31. The van der Waals surface area contributed by atoms with Crippen LogP contribution in [-0.2, 0) is 14.8 Å². The lowest BCUT2D eigenvalue weighted by Gasteiger charge is -2.35. The van der Waals surface area contributed by atoms with Crippen molar-refractivity contribution in [1.29, 1.82) is 0 Å². The second-order valence-electron chi connectivity index (χ2n) is 7.40. The number of hydrogen-bond acceptors (Lipinski definition) is 4. The van der Waals surface area contributed by atoms with Crippen molar-refractivity contribution in [3.05, 3.63) is 59.7 Å². The van der Waals surface area contributed by atoms with E-state index in [2.05, 4.69) is 0 Å². The highest BCUT2D eigenvalue weighted by Crippen LogP contribution is 2.22. The van der Waals surface area contributed by atoms with E-state index in [4.69, 9.17) is 0 Å². The number of para-hydroxylation sites is 1. The molecule has 0 saturated carbocycles. The van der Waals surface area contributed by atoms with Crippen molar-refractivity contribution in [1.82, 2.24) is 9.21 Å². The second-order valence-corrected chi connectivity index (χ2v) is 9.31. The quantitative estimate of drug-likeness (QED) is 0.728. The molecule has 7 heteroatoms. The van der Waals surface area contributed by atoms with Gasteiger partial charge < -0.3 is 9.80 Å². The summed E-state index contributed by atoms with van der Waals surface area (Å²) in [5, 5.41) is 0. The molecule has 0 N–H and O–H groups in total. The van der Waals surface area contributed by atoms with Crippen LogP contribution in [0.4, 0.5) is 5.69 Å². The maximum absolute atomic E-state index is 13.1. The van der Waals surface area contributed by atoms with Crippen LogP contribution in [0.15, 0.2) is 53.4 Å². The van der Waals surface area contributed by atoms with Crippen LogP contribution >= 0.6 is 0 Å². The maximum atomic E-state index is 13.1. The Morgan fingerprint density at radius 2 is 1.66 bits per heavy atom. The van der Waals surface area contributed by atoms with Gasteiger partial charge in [-0.3, -0.25) is 4.79 Å². The lowest BCUT2D eigenvalue weighted by Crippen LogP contribution is -2.52. The topological polar surface area (TPSA) is 60.9 Å². The molecule has 3 rings (SSSR count). The maximum Gasteiger partial charge on any atom is 0.243 e. The van der Waals surface area contributed by atoms with Crippen LogP contribution < -0.4 is 4.90 Å². The van der Waals surface area contributed by atoms with Crippen LogP contribution in [0.3, 0.4) is 0 Å². The molecule has 1 aliphatic rings. The first-order chi connectivity index (χ1) is 13.8. The zero-order valence-electron chi connectivity index (χ0n) is 17.3. The number of anilines is 1. The molecule has 0 aromatic heterocycles. The summed E-state index contributed by atoms with van der Waals surface area (Å²) in [5.41, 5.74) is 2.68. The van der Waals surface area contributed by atoms with Gasteiger partial charge in [-0.2, -0.15) is 4.31 Å². The van der Waals surface area contributed by atoms with E-state index in [9.17, 15) is 13.2 Å². The van der Waals surface area contributed by atoms with E-state index < -0.39 is 10.0 Å². The molecular formula is C22H29N3O3S. The van der Waals surface area contributed by atoms with Gasteiger partial charge in [0, 0.05) is 38.4 Å². The third kappa shape index (κ3) is 4.79. The van der Waals surface area contributed by atoms with Gasteiger partial charge in [0.2, 0.25) is 15.9 Å². The average Bonchev–Trinajstić information content (AvgIpc) is 2.74. The van der Waals surface area contributed by atoms with Crippen LogP contribution in [0.2, 0.25) is 0 Å². The van der Waals surface area contributed by atoms with Gasteiger partial charge in [0.15, 0.2) is 0 Å². The van der Waals surface area contributed by atoms with Crippen molar-refractivity contribution in [2.24, 2.45) is 0 Å². The Morgan fingerprint density at radius 3 is 2.28 bits per heavy atom. The number of sulfonamides is 1. The molecule has 1 amide bonds. The molecule has 1 aliphatic heterocycles. The number of carbonyl (C=O) groups excluding carboxylic acids is 1. The fourth-order valence-corrected chi connectivity index (χ4v) is 5.32. The second kappa shape index (κ2) is 8.97. The Hall–Kier alpha value is -2.38. The van der Waals surface area contributed by atoms with Crippen molar-refractivity contribution in [3.63, 3.8) is 0 Å². The third-order valence-corrected chi connectivity index (χ3v) is 7.42. The summed E-state index contributed by atoms with van der Waals surface area (Å²) in [5.74, 6) is 0.0273. The van der Waals surface area contributed by atoms with E-state index in [0.29, 0.717) is 37.6 Å². The largest absolute Gasteiger partial charge is 0.362 e. The zero-order chi connectivity index (χ0) is 21.0. The van der Waals surface area contributed by atoms with Crippen molar-refractivity contribution >= 4 is 21.6 Å². The Morgan fingerprint density at radius 1 is 1.00 bits per heavy atom. The summed E-state index contributed by atoms with van der Waals surface area (Å²) >= 11 is 0. The molecule has 2 aromatic carbocycles. The van der Waals surface area contributed by atoms with Crippen molar-refractivity contribution in [2.45, 2.75) is 25.7 Å². The number of hydrogen-bond donors (Lipinski definition) is 0. The van der Waals surface area contributed by atoms with Crippen LogP contribution in [0.1, 0.15) is 18.1 Å². The Balaban J connectivity index is 1.64. The molecular weight excluding hydrogens is 386 g/mol. The number of rotatable bonds is 6. The summed E-state index contributed by atoms with van der Waals surface area (Å²) in [6, 6.07) is 15.3. The predicted octanol–water partition coefficient (Wildman–Crippen LogP) is 2.66. The van der Waals surface area contributed by atoms with Gasteiger partial charge >= 0.3 is 0 Å². The van der Waals surface area contributed by atoms with Gasteiger partial charge in [0.1, 0.15) is 0 Å². The lowest BCUT2D eigenvalue weighted by molar-refractivity contribution is -0.130. The smallest absolute Gasteiger partial charge is 0.243 e. The number of benzene rings is 2. The first-order valence-electron chi connectivity index (χ1n) is 9.98. The average molecular weight is 416 g/mol. The van der Waals surface area contributed by atoms with E-state index in [1.165, 1.54) is 4.31 Å². The molecule has 1 saturated heterocycles. The van der Waals surface area contributed by atoms with Crippen LogP contribution in [0.25, 0.3) is 0 Å². The Labute approximate surface area is 173 Å². The molecule has 1 fully saturated rings. The minimum absolute atomic E-state index is 0.0273. The zero-order valence-corrected chi connectivity index (χ0v) is 18.2. The molecule has 0 unspecified atom stereocenters. The SMILES string of the molecule is CCN(CC(=O)N1CCN(S(=O)(=O)c2cc(C)ccc2C)CC1)c1ccccc1. The van der Waals surface area contributed by atoms with E-state index in [1.54, 1.807) is 11.0 Å². The van der Waals surface area contributed by atoms with E-state index >= 15 is 0 Å². The van der Waals surface area contributed by atoms with Gasteiger partial charge in [0.25, 0.3) is 0 Å². The van der Waals surface area contributed by atoms with Gasteiger partial charge in [-0.05, 0) is 50.1 Å². The van der Waals surface area contributed by atoms with Gasteiger partial charge in [-0.25, -0.2) is 8.42 Å². The summed E-state index contributed by atoms with van der Waals surface area (Å²) in [4.78, 5) is 16.9.